The average Bonchev–Trinajstić information content (AvgIpc) is 2.62. The zero-order chi connectivity index (χ0) is 17.6. The molecule has 134 valence electrons. The van der Waals surface area contributed by atoms with Crippen molar-refractivity contribution in [1.82, 2.24) is 9.88 Å². The largest absolute Gasteiger partial charge is 0.478 e. The van der Waals surface area contributed by atoms with E-state index in [1.54, 1.807) is 0 Å². The highest BCUT2D eigenvalue weighted by atomic mass is 16.5. The van der Waals surface area contributed by atoms with Gasteiger partial charge in [-0.1, -0.05) is 0 Å². The average molecular weight is 343 g/mol. The highest BCUT2D eigenvalue weighted by Crippen LogP contribution is 2.23. The van der Waals surface area contributed by atoms with Crippen molar-refractivity contribution in [2.45, 2.75) is 32.1 Å². The molecule has 0 aliphatic carbocycles. The number of aryl methyl sites for hydroxylation is 1. The van der Waals surface area contributed by atoms with Crippen LogP contribution in [-0.2, 0) is 11.2 Å². The molecular weight excluding hydrogens is 318 g/mol. The molecule has 0 spiro atoms. The van der Waals surface area contributed by atoms with Gasteiger partial charge in [-0.25, -0.2) is 0 Å². The molecule has 4 N–H and O–H groups in total. The number of nitrogens with two attached hydrogens (primary N) is 1. The van der Waals surface area contributed by atoms with Gasteiger partial charge in [-0.15, -0.1) is 0 Å². The molecule has 7 heteroatoms. The maximum absolute atomic E-state index is 11.4. The molecule has 1 aromatic rings. The second-order valence-electron chi connectivity index (χ2n) is 6.48. The molecule has 0 radical (unpaired) electrons. The van der Waals surface area contributed by atoms with Crippen molar-refractivity contribution in [3.63, 3.8) is 0 Å². The number of nitrogens with zero attached hydrogens (tertiary/aromatic N) is 2. The summed E-state index contributed by atoms with van der Waals surface area (Å²) in [5, 5.41) is 10.2. The van der Waals surface area contributed by atoms with Gasteiger partial charge in [0.25, 0.3) is 0 Å². The van der Waals surface area contributed by atoms with Crippen molar-refractivity contribution in [1.29, 1.82) is 5.41 Å². The molecule has 7 nitrogen and oxygen atoms in total. The van der Waals surface area contributed by atoms with Crippen molar-refractivity contribution >= 4 is 17.9 Å². The van der Waals surface area contributed by atoms with Crippen molar-refractivity contribution < 1.29 is 9.53 Å². The molecular formula is C18H25N5O2. The third kappa shape index (κ3) is 4.57. The monoisotopic (exact) mass is 343 g/mol. The predicted octanol–water partition coefficient (Wildman–Crippen LogP) is 1.69. The van der Waals surface area contributed by atoms with Crippen LogP contribution in [0.5, 0.6) is 5.88 Å². The summed E-state index contributed by atoms with van der Waals surface area (Å²) in [7, 11) is 0. The van der Waals surface area contributed by atoms with E-state index in [-0.39, 0.29) is 5.91 Å². The Bertz CT molecular complexity index is 686. The third-order valence-electron chi connectivity index (χ3n) is 4.63. The molecule has 2 aliphatic rings. The molecule has 0 saturated carbocycles. The van der Waals surface area contributed by atoms with Gasteiger partial charge in [0.2, 0.25) is 11.8 Å². The fourth-order valence-electron chi connectivity index (χ4n) is 3.11. The number of aromatic nitrogens is 1. The summed E-state index contributed by atoms with van der Waals surface area (Å²) in [5.74, 6) is 1.20. The second-order valence-corrected chi connectivity index (χ2v) is 6.48. The van der Waals surface area contributed by atoms with Crippen LogP contribution in [0.3, 0.4) is 0 Å². The zero-order valence-corrected chi connectivity index (χ0v) is 14.4. The topological polar surface area (TPSA) is 104 Å². The fraction of sp³-hybridized carbons (Fsp3) is 0.500. The molecule has 0 saturated heterocycles. The number of anilines is 1. The van der Waals surface area contributed by atoms with Gasteiger partial charge in [0.05, 0.1) is 6.61 Å². The van der Waals surface area contributed by atoms with Crippen molar-refractivity contribution in [3.05, 3.63) is 29.0 Å². The fourth-order valence-corrected chi connectivity index (χ4v) is 3.11. The first-order valence-electron chi connectivity index (χ1n) is 8.78. The van der Waals surface area contributed by atoms with Crippen molar-refractivity contribution in [2.75, 3.05) is 31.6 Å². The number of fused-ring (bicyclic) bond motifs is 1. The van der Waals surface area contributed by atoms with Crippen LogP contribution in [-0.4, -0.2) is 48.2 Å². The van der Waals surface area contributed by atoms with Crippen LogP contribution in [0.25, 0.3) is 0 Å². The molecule has 1 amide bonds. The maximum Gasteiger partial charge on any atom is 0.225 e. The highest BCUT2D eigenvalue weighted by Gasteiger charge is 2.17. The summed E-state index contributed by atoms with van der Waals surface area (Å²) in [6.07, 6.45) is 5.41. The molecule has 1 aromatic heterocycles. The van der Waals surface area contributed by atoms with Gasteiger partial charge in [-0.05, 0) is 37.4 Å². The lowest BCUT2D eigenvalue weighted by atomic mass is 10.1. The molecule has 0 aromatic carbocycles. The maximum atomic E-state index is 11.4. The number of nitrogens with one attached hydrogen (secondary N) is 2. The minimum atomic E-state index is 0.0117. The smallest absolute Gasteiger partial charge is 0.225 e. The molecule has 0 unspecified atom stereocenters. The summed E-state index contributed by atoms with van der Waals surface area (Å²) in [5.41, 5.74) is 8.74. The number of carbonyl (C=O) groups is 1. The van der Waals surface area contributed by atoms with Gasteiger partial charge in [0.1, 0.15) is 5.82 Å². The highest BCUT2D eigenvalue weighted by molar-refractivity contribution is 5.92. The van der Waals surface area contributed by atoms with Gasteiger partial charge in [-0.3, -0.25) is 9.69 Å². The van der Waals surface area contributed by atoms with Crippen LogP contribution in [0.4, 0.5) is 5.82 Å². The van der Waals surface area contributed by atoms with E-state index in [1.807, 2.05) is 12.1 Å². The Kier molecular flexibility index (Phi) is 5.65. The van der Waals surface area contributed by atoms with E-state index in [2.05, 4.69) is 15.2 Å². The minimum absolute atomic E-state index is 0.0117. The quantitative estimate of drug-likeness (QED) is 0.516. The summed E-state index contributed by atoms with van der Waals surface area (Å²) >= 11 is 0. The first kappa shape index (κ1) is 17.4. The number of hydrogen-bond acceptors (Lipinski definition) is 6. The standard InChI is InChI=1S/C18H25N5O2/c19-11-14-12-23(9-7-15(14)20)8-1-2-10-25-17-6-4-13-3-5-16(24)21-18(13)22-17/h4,6,11,19H,1-3,5,7-10,12,20H2,(H,21,22,24). The first-order valence-corrected chi connectivity index (χ1v) is 8.78. The van der Waals surface area contributed by atoms with Crippen LogP contribution in [0.2, 0.25) is 0 Å². The molecule has 3 heterocycles. The second kappa shape index (κ2) is 8.11. The Labute approximate surface area is 147 Å². The Hall–Kier alpha value is -2.41. The van der Waals surface area contributed by atoms with Gasteiger partial charge in [0, 0.05) is 49.5 Å². The SMILES string of the molecule is N=CC1=C(N)CCN(CCCCOc2ccc3c(n2)NC(=O)CC3)C1. The zero-order valence-electron chi connectivity index (χ0n) is 14.4. The molecule has 3 rings (SSSR count). The lowest BCUT2D eigenvalue weighted by molar-refractivity contribution is -0.116. The van der Waals surface area contributed by atoms with E-state index in [0.717, 1.165) is 62.2 Å². The van der Waals surface area contributed by atoms with Crippen LogP contribution >= 0.6 is 0 Å². The minimum Gasteiger partial charge on any atom is -0.478 e. The summed E-state index contributed by atoms with van der Waals surface area (Å²) in [6.45, 7) is 3.29. The number of rotatable bonds is 7. The summed E-state index contributed by atoms with van der Waals surface area (Å²) in [6, 6.07) is 3.84. The molecule has 0 atom stereocenters. The predicted molar refractivity (Wildman–Crippen MR) is 97.0 cm³/mol. The van der Waals surface area contributed by atoms with E-state index in [4.69, 9.17) is 15.9 Å². The Morgan fingerprint density at radius 3 is 3.04 bits per heavy atom. The van der Waals surface area contributed by atoms with Gasteiger partial charge in [0.15, 0.2) is 0 Å². The molecule has 2 aliphatic heterocycles. The number of carbonyl (C=O) groups excluding carboxylic acids is 1. The van der Waals surface area contributed by atoms with Gasteiger partial charge >= 0.3 is 0 Å². The lowest BCUT2D eigenvalue weighted by Crippen LogP contribution is -2.34. The van der Waals surface area contributed by atoms with E-state index in [1.165, 1.54) is 6.21 Å². The number of unbranched alkanes of at least 4 members (excludes halogenated alkanes) is 1. The van der Waals surface area contributed by atoms with Crippen molar-refractivity contribution in [2.24, 2.45) is 5.73 Å². The third-order valence-corrected chi connectivity index (χ3v) is 4.63. The normalized spacial score (nSPS) is 17.8. The lowest BCUT2D eigenvalue weighted by Gasteiger charge is -2.27. The summed E-state index contributed by atoms with van der Waals surface area (Å²) < 4.78 is 5.71. The molecule has 0 bridgehead atoms. The van der Waals surface area contributed by atoms with Crippen LogP contribution in [0, 0.1) is 5.41 Å². The number of hydrogen-bond donors (Lipinski definition) is 3. The molecule has 25 heavy (non-hydrogen) atoms. The van der Waals surface area contributed by atoms with Crippen LogP contribution < -0.4 is 15.8 Å². The van der Waals surface area contributed by atoms with Gasteiger partial charge in [-0.2, -0.15) is 4.98 Å². The van der Waals surface area contributed by atoms with E-state index < -0.39 is 0 Å². The Balaban J connectivity index is 1.39. The van der Waals surface area contributed by atoms with E-state index in [9.17, 15) is 4.79 Å². The Morgan fingerprint density at radius 2 is 2.20 bits per heavy atom. The number of pyridine rings is 1. The van der Waals surface area contributed by atoms with E-state index >= 15 is 0 Å². The van der Waals surface area contributed by atoms with E-state index in [0.29, 0.717) is 24.7 Å². The van der Waals surface area contributed by atoms with Crippen LogP contribution in [0.1, 0.15) is 31.2 Å². The van der Waals surface area contributed by atoms with Crippen LogP contribution in [0.15, 0.2) is 23.4 Å². The first-order chi connectivity index (χ1) is 12.2. The summed E-state index contributed by atoms with van der Waals surface area (Å²) in [4.78, 5) is 18.1. The van der Waals surface area contributed by atoms with Crippen molar-refractivity contribution in [3.8, 4) is 5.88 Å². The number of amides is 1. The van der Waals surface area contributed by atoms with Gasteiger partial charge < -0.3 is 21.2 Å². The molecule has 0 fully saturated rings. The number of ether oxygens (including phenoxy) is 1. The Morgan fingerprint density at radius 1 is 1.32 bits per heavy atom.